The number of carbonyl (C=O) groups is 2. The summed E-state index contributed by atoms with van der Waals surface area (Å²) in [6.07, 6.45) is 49.9. The smallest absolute Gasteiger partial charge is 0.305 e. The van der Waals surface area contributed by atoms with Crippen molar-refractivity contribution in [3.05, 3.63) is 24.3 Å². The van der Waals surface area contributed by atoms with Crippen LogP contribution < -0.4 is 5.32 Å². The zero-order valence-corrected chi connectivity index (χ0v) is 45.9. The Hall–Kier alpha value is -1.86. The largest absolute Gasteiger partial charge is 0.466 e. The fourth-order valence-electron chi connectivity index (χ4n) is 9.49. The Morgan fingerprint density at radius 1 is 0.507 bits per heavy atom. The molecule has 0 aliphatic carbocycles. The van der Waals surface area contributed by atoms with Crippen LogP contribution in [0.3, 0.4) is 0 Å². The van der Waals surface area contributed by atoms with E-state index in [1.165, 1.54) is 186 Å². The summed E-state index contributed by atoms with van der Waals surface area (Å²) in [7, 11) is 0. The molecule has 1 aliphatic rings. The van der Waals surface area contributed by atoms with E-state index in [1.54, 1.807) is 6.08 Å². The molecule has 0 aromatic heterocycles. The maximum Gasteiger partial charge on any atom is 0.305 e. The monoisotopic (exact) mass is 1010 g/mol. The van der Waals surface area contributed by atoms with Gasteiger partial charge in [0.15, 0.2) is 6.29 Å². The normalized spacial score (nSPS) is 19.2. The van der Waals surface area contributed by atoms with E-state index in [0.29, 0.717) is 19.4 Å². The number of esters is 1. The lowest BCUT2D eigenvalue weighted by Gasteiger charge is -2.40. The van der Waals surface area contributed by atoms with E-state index in [2.05, 4.69) is 31.3 Å². The van der Waals surface area contributed by atoms with Crippen molar-refractivity contribution in [2.24, 2.45) is 0 Å². The van der Waals surface area contributed by atoms with Crippen molar-refractivity contribution < 1.29 is 49.3 Å². The molecular weight excluding hydrogens is 895 g/mol. The van der Waals surface area contributed by atoms with Gasteiger partial charge in [0.1, 0.15) is 24.4 Å². The molecule has 7 atom stereocenters. The van der Waals surface area contributed by atoms with Gasteiger partial charge in [-0.1, -0.05) is 237 Å². The Balaban J connectivity index is 2.01. The van der Waals surface area contributed by atoms with Gasteiger partial charge in [0.25, 0.3) is 0 Å². The van der Waals surface area contributed by atoms with Gasteiger partial charge in [-0.05, 0) is 57.8 Å². The van der Waals surface area contributed by atoms with Gasteiger partial charge in [-0.15, -0.1) is 0 Å². The average Bonchev–Trinajstić information content (AvgIpc) is 3.37. The number of allylic oxidation sites excluding steroid dienone is 3. The van der Waals surface area contributed by atoms with Crippen molar-refractivity contribution in [1.29, 1.82) is 0 Å². The van der Waals surface area contributed by atoms with Crippen LogP contribution >= 0.6 is 0 Å². The molecule has 0 saturated carbocycles. The van der Waals surface area contributed by atoms with Gasteiger partial charge in [0, 0.05) is 12.8 Å². The second-order valence-corrected chi connectivity index (χ2v) is 21.1. The predicted molar refractivity (Wildman–Crippen MR) is 292 cm³/mol. The van der Waals surface area contributed by atoms with E-state index < -0.39 is 49.5 Å². The molecule has 418 valence electrons. The minimum atomic E-state index is -1.57. The molecule has 71 heavy (non-hydrogen) atoms. The average molecular weight is 1010 g/mol. The number of nitrogens with one attached hydrogen (secondary N) is 1. The number of hydrogen-bond acceptors (Lipinski definition) is 10. The minimum Gasteiger partial charge on any atom is -0.466 e. The number of unbranched alkanes of at least 4 members (excludes halogenated alkanes) is 36. The van der Waals surface area contributed by atoms with Crippen LogP contribution in [0.15, 0.2) is 24.3 Å². The second-order valence-electron chi connectivity index (χ2n) is 21.1. The molecule has 0 bridgehead atoms. The van der Waals surface area contributed by atoms with E-state index >= 15 is 0 Å². The minimum absolute atomic E-state index is 0.0177. The first kappa shape index (κ1) is 67.2. The van der Waals surface area contributed by atoms with Crippen molar-refractivity contribution in [1.82, 2.24) is 5.32 Å². The van der Waals surface area contributed by atoms with Gasteiger partial charge >= 0.3 is 5.97 Å². The molecule has 1 amide bonds. The van der Waals surface area contributed by atoms with Crippen molar-refractivity contribution in [3.8, 4) is 0 Å². The van der Waals surface area contributed by atoms with E-state index in [0.717, 1.165) is 70.6 Å². The molecule has 0 spiro atoms. The van der Waals surface area contributed by atoms with E-state index in [9.17, 15) is 35.1 Å². The Kier molecular flexibility index (Phi) is 47.6. The highest BCUT2D eigenvalue weighted by molar-refractivity contribution is 5.76. The van der Waals surface area contributed by atoms with Gasteiger partial charge in [-0.3, -0.25) is 9.59 Å². The molecule has 1 fully saturated rings. The van der Waals surface area contributed by atoms with Gasteiger partial charge < -0.3 is 45.1 Å². The van der Waals surface area contributed by atoms with Crippen LogP contribution in [0, 0.1) is 0 Å². The molecule has 1 aliphatic heterocycles. The number of rotatable bonds is 52. The quantitative estimate of drug-likeness (QED) is 0.0195. The summed E-state index contributed by atoms with van der Waals surface area (Å²) in [5.74, 6) is -0.208. The van der Waals surface area contributed by atoms with Gasteiger partial charge in [0.05, 0.1) is 32.0 Å². The summed E-state index contributed by atoms with van der Waals surface area (Å²) >= 11 is 0. The number of carbonyl (C=O) groups excluding carboxylic acids is 2. The SMILES string of the molecule is CCCCCCCCC/C=C\CCCCCCCCCC(=O)OCCCCCCCCCCCCCCCCCCC(=O)NC(COC1OC(CO)C(O)C(O)C1O)C(O)/C=C/CCCCCCCCC. The molecular formula is C60H113NO10. The summed E-state index contributed by atoms with van der Waals surface area (Å²) in [5.41, 5.74) is 0. The Bertz CT molecular complexity index is 1230. The van der Waals surface area contributed by atoms with Crippen LogP contribution in [0.2, 0.25) is 0 Å². The van der Waals surface area contributed by atoms with Gasteiger partial charge in [-0.25, -0.2) is 0 Å². The van der Waals surface area contributed by atoms with Gasteiger partial charge in [-0.2, -0.15) is 0 Å². The van der Waals surface area contributed by atoms with Crippen LogP contribution in [-0.2, 0) is 23.8 Å². The number of hydrogen-bond donors (Lipinski definition) is 6. The third kappa shape index (κ3) is 40.2. The lowest BCUT2D eigenvalue weighted by molar-refractivity contribution is -0.302. The molecule has 0 aromatic carbocycles. The first-order chi connectivity index (χ1) is 34.7. The molecule has 0 aromatic rings. The number of aliphatic hydroxyl groups is 5. The molecule has 11 heteroatoms. The number of aliphatic hydroxyl groups excluding tert-OH is 5. The van der Waals surface area contributed by atoms with E-state index in [-0.39, 0.29) is 18.5 Å². The standard InChI is InChI=1S/C60H113NO10/c1-3-5-7-9-11-13-14-15-16-17-18-22-25-28-32-36-40-44-48-56(65)69-49-45-41-37-33-29-26-23-20-19-21-24-27-31-35-39-43-47-55(64)61-52(53(63)46-42-38-34-30-12-10-8-6-4-2)51-70-60-59(68)58(67)57(66)54(50-62)71-60/h16-17,42,46,52-54,57-60,62-63,66-68H,3-15,18-41,43-45,47-51H2,1-2H3,(H,61,64)/b17-16-,46-42+. The molecule has 6 N–H and O–H groups in total. The third-order valence-corrected chi connectivity index (χ3v) is 14.3. The Morgan fingerprint density at radius 2 is 0.901 bits per heavy atom. The fourth-order valence-corrected chi connectivity index (χ4v) is 9.49. The zero-order valence-electron chi connectivity index (χ0n) is 45.9. The highest BCUT2D eigenvalue weighted by Crippen LogP contribution is 2.23. The van der Waals surface area contributed by atoms with Crippen LogP contribution in [-0.4, -0.2) is 100 Å². The van der Waals surface area contributed by atoms with Gasteiger partial charge in [0.2, 0.25) is 5.91 Å². The summed E-state index contributed by atoms with van der Waals surface area (Å²) < 4.78 is 16.7. The topological polar surface area (TPSA) is 175 Å². The maximum absolute atomic E-state index is 13.0. The van der Waals surface area contributed by atoms with Crippen molar-refractivity contribution >= 4 is 11.9 Å². The van der Waals surface area contributed by atoms with E-state index in [4.69, 9.17) is 14.2 Å². The van der Waals surface area contributed by atoms with Crippen LogP contribution in [0.1, 0.15) is 284 Å². The predicted octanol–water partition coefficient (Wildman–Crippen LogP) is 13.7. The Morgan fingerprint density at radius 3 is 1.35 bits per heavy atom. The lowest BCUT2D eigenvalue weighted by Crippen LogP contribution is -2.60. The highest BCUT2D eigenvalue weighted by atomic mass is 16.7. The van der Waals surface area contributed by atoms with Crippen molar-refractivity contribution in [2.45, 2.75) is 326 Å². The Labute approximate surface area is 435 Å². The van der Waals surface area contributed by atoms with E-state index in [1.807, 2.05) is 6.08 Å². The lowest BCUT2D eigenvalue weighted by atomic mass is 9.99. The molecule has 1 heterocycles. The summed E-state index contributed by atoms with van der Waals surface area (Å²) in [4.78, 5) is 25.1. The van der Waals surface area contributed by atoms with Crippen LogP contribution in [0.25, 0.3) is 0 Å². The molecule has 1 rings (SSSR count). The first-order valence-electron chi connectivity index (χ1n) is 30.1. The molecule has 0 radical (unpaired) electrons. The maximum atomic E-state index is 13.0. The van der Waals surface area contributed by atoms with Crippen molar-refractivity contribution in [2.75, 3.05) is 19.8 Å². The molecule has 7 unspecified atom stereocenters. The molecule has 1 saturated heterocycles. The first-order valence-corrected chi connectivity index (χ1v) is 30.1. The zero-order chi connectivity index (χ0) is 51.7. The summed E-state index contributed by atoms with van der Waals surface area (Å²) in [6.45, 7) is 4.30. The van der Waals surface area contributed by atoms with Crippen LogP contribution in [0.4, 0.5) is 0 Å². The number of amides is 1. The second kappa shape index (κ2) is 50.3. The fraction of sp³-hybridized carbons (Fsp3) is 0.900. The molecule has 11 nitrogen and oxygen atoms in total. The summed E-state index contributed by atoms with van der Waals surface area (Å²) in [6, 6.07) is -0.813. The van der Waals surface area contributed by atoms with Crippen molar-refractivity contribution in [3.63, 3.8) is 0 Å². The third-order valence-electron chi connectivity index (χ3n) is 14.3. The number of ether oxygens (including phenoxy) is 3. The highest BCUT2D eigenvalue weighted by Gasteiger charge is 2.44. The van der Waals surface area contributed by atoms with Crippen LogP contribution in [0.5, 0.6) is 0 Å². The summed E-state index contributed by atoms with van der Waals surface area (Å²) in [5, 5.41) is 54.2.